The molecule has 1 aromatic carbocycles. The van der Waals surface area contributed by atoms with E-state index in [0.29, 0.717) is 32.0 Å². The molecule has 0 spiro atoms. The second-order valence-corrected chi connectivity index (χ2v) is 4.90. The minimum absolute atomic E-state index is 0.185. The number of hydrogen-bond acceptors (Lipinski definition) is 4. The quantitative estimate of drug-likeness (QED) is 0.671. The molecule has 1 amide bonds. The summed E-state index contributed by atoms with van der Waals surface area (Å²) in [7, 11) is 0. The molecule has 1 atom stereocenters. The number of nitrogens with one attached hydrogen (secondary N) is 2. The maximum atomic E-state index is 12.8. The smallest absolute Gasteiger partial charge is 0.230 e. The van der Waals surface area contributed by atoms with E-state index in [2.05, 4.69) is 5.32 Å². The predicted octanol–water partition coefficient (Wildman–Crippen LogP) is -1.81. The molecule has 0 aliphatic carbocycles. The predicted molar refractivity (Wildman–Crippen MR) is 70.0 cm³/mol. The summed E-state index contributed by atoms with van der Waals surface area (Å²) in [5.41, 5.74) is 0.426. The zero-order valence-electron chi connectivity index (χ0n) is 11.4. The second kappa shape index (κ2) is 7.14. The van der Waals surface area contributed by atoms with Crippen LogP contribution in [-0.4, -0.2) is 44.2 Å². The van der Waals surface area contributed by atoms with Gasteiger partial charge in [0, 0.05) is 5.69 Å². The summed E-state index contributed by atoms with van der Waals surface area (Å²) in [4.78, 5) is 23.9. The summed E-state index contributed by atoms with van der Waals surface area (Å²) < 4.78 is 17.9. The van der Waals surface area contributed by atoms with Crippen molar-refractivity contribution >= 4 is 17.6 Å². The Bertz CT molecular complexity index is 500. The summed E-state index contributed by atoms with van der Waals surface area (Å²) in [6.45, 7) is 2.00. The van der Waals surface area contributed by atoms with Crippen molar-refractivity contribution in [2.75, 3.05) is 31.6 Å². The Morgan fingerprint density at radius 2 is 1.90 bits per heavy atom. The number of halogens is 1. The van der Waals surface area contributed by atoms with Crippen LogP contribution in [0.4, 0.5) is 10.1 Å². The number of ether oxygens (including phenoxy) is 1. The molecule has 0 bridgehead atoms. The van der Waals surface area contributed by atoms with Crippen molar-refractivity contribution in [1.29, 1.82) is 0 Å². The third kappa shape index (κ3) is 4.51. The van der Waals surface area contributed by atoms with Gasteiger partial charge in [-0.3, -0.25) is 4.79 Å². The molecule has 21 heavy (non-hydrogen) atoms. The molecule has 1 aromatic rings. The normalized spacial score (nSPS) is 17.2. The molecular weight excluding hydrogens is 279 g/mol. The molecule has 1 fully saturated rings. The first-order chi connectivity index (χ1) is 10.1. The molecule has 7 heteroatoms. The average Bonchev–Trinajstić information content (AvgIpc) is 2.48. The Morgan fingerprint density at radius 1 is 1.29 bits per heavy atom. The number of carbonyl (C=O) groups excluding carboxylic acids is 2. The van der Waals surface area contributed by atoms with Crippen molar-refractivity contribution in [3.63, 3.8) is 0 Å². The second-order valence-electron chi connectivity index (χ2n) is 4.90. The van der Waals surface area contributed by atoms with Crippen molar-refractivity contribution in [2.24, 2.45) is 0 Å². The lowest BCUT2D eigenvalue weighted by molar-refractivity contribution is -0.925. The molecule has 0 saturated carbocycles. The van der Waals surface area contributed by atoms with Crippen LogP contribution in [0.5, 0.6) is 0 Å². The fraction of sp³-hybridized carbons (Fsp3) is 0.429. The molecule has 6 nitrogen and oxygen atoms in total. The van der Waals surface area contributed by atoms with Gasteiger partial charge in [-0.15, -0.1) is 0 Å². The highest BCUT2D eigenvalue weighted by molar-refractivity contribution is 5.93. The molecular formula is C14H17FN2O4. The van der Waals surface area contributed by atoms with E-state index in [1.54, 1.807) is 0 Å². The summed E-state index contributed by atoms with van der Waals surface area (Å²) in [6.07, 6.45) is -0.185. The highest BCUT2D eigenvalue weighted by Gasteiger charge is 2.28. The van der Waals surface area contributed by atoms with Crippen molar-refractivity contribution in [3.8, 4) is 0 Å². The van der Waals surface area contributed by atoms with Gasteiger partial charge in [0.15, 0.2) is 0 Å². The zero-order chi connectivity index (χ0) is 15.2. The van der Waals surface area contributed by atoms with Gasteiger partial charge in [-0.05, 0) is 24.3 Å². The first-order valence-electron chi connectivity index (χ1n) is 6.75. The van der Waals surface area contributed by atoms with Crippen molar-refractivity contribution in [2.45, 2.75) is 12.5 Å². The number of rotatable bonds is 5. The number of carboxylic acid groups (broad SMARTS) is 1. The van der Waals surface area contributed by atoms with E-state index in [1.807, 2.05) is 0 Å². The van der Waals surface area contributed by atoms with E-state index >= 15 is 0 Å². The molecule has 2 rings (SSSR count). The number of benzene rings is 1. The van der Waals surface area contributed by atoms with Gasteiger partial charge >= 0.3 is 0 Å². The number of hydrogen-bond donors (Lipinski definition) is 2. The fourth-order valence-electron chi connectivity index (χ4n) is 2.31. The lowest BCUT2D eigenvalue weighted by Crippen LogP contribution is -3.19. The molecule has 0 radical (unpaired) electrons. The Hall–Kier alpha value is -1.99. The van der Waals surface area contributed by atoms with Gasteiger partial charge in [0.2, 0.25) is 5.91 Å². The third-order valence-electron chi connectivity index (χ3n) is 3.43. The van der Waals surface area contributed by atoms with E-state index in [0.717, 1.165) is 4.90 Å². The SMILES string of the molecule is O=C(C[C@H](C(=O)[O-])[NH+]1CCOCC1)Nc1ccc(F)cc1. The van der Waals surface area contributed by atoms with Crippen molar-refractivity contribution in [1.82, 2.24) is 0 Å². The van der Waals surface area contributed by atoms with E-state index in [1.165, 1.54) is 24.3 Å². The van der Waals surface area contributed by atoms with Crippen molar-refractivity contribution < 1.29 is 28.7 Å². The molecule has 0 unspecified atom stereocenters. The standard InChI is InChI=1S/C14H17FN2O4/c15-10-1-3-11(4-2-10)16-13(18)9-12(14(19)20)17-5-7-21-8-6-17/h1-4,12H,5-9H2,(H,16,18)(H,19,20)/t12-/m1/s1. The van der Waals surface area contributed by atoms with Crippen LogP contribution in [0.2, 0.25) is 0 Å². The summed E-state index contributed by atoms with van der Waals surface area (Å²) in [5.74, 6) is -2.09. The third-order valence-corrected chi connectivity index (χ3v) is 3.43. The molecule has 1 aliphatic rings. The summed E-state index contributed by atoms with van der Waals surface area (Å²) in [6, 6.07) is 4.37. The van der Waals surface area contributed by atoms with Crippen LogP contribution >= 0.6 is 0 Å². The minimum Gasteiger partial charge on any atom is -0.544 e. The largest absolute Gasteiger partial charge is 0.544 e. The molecule has 1 heterocycles. The number of amides is 1. The van der Waals surface area contributed by atoms with Crippen LogP contribution in [0.1, 0.15) is 6.42 Å². The fourth-order valence-corrected chi connectivity index (χ4v) is 2.31. The lowest BCUT2D eigenvalue weighted by atomic mass is 10.1. The molecule has 1 saturated heterocycles. The van der Waals surface area contributed by atoms with Gasteiger partial charge in [0.05, 0.1) is 25.6 Å². The molecule has 114 valence electrons. The van der Waals surface area contributed by atoms with Crippen LogP contribution in [0.25, 0.3) is 0 Å². The lowest BCUT2D eigenvalue weighted by Gasteiger charge is -2.31. The van der Waals surface area contributed by atoms with Crippen LogP contribution in [0.3, 0.4) is 0 Å². The van der Waals surface area contributed by atoms with Gasteiger partial charge < -0.3 is 24.9 Å². The van der Waals surface area contributed by atoms with Gasteiger partial charge in [0.1, 0.15) is 24.9 Å². The maximum Gasteiger partial charge on any atom is 0.230 e. The Morgan fingerprint density at radius 3 is 2.48 bits per heavy atom. The first-order valence-corrected chi connectivity index (χ1v) is 6.75. The van der Waals surface area contributed by atoms with Gasteiger partial charge in [-0.1, -0.05) is 0 Å². The Kier molecular flexibility index (Phi) is 5.24. The summed E-state index contributed by atoms with van der Waals surface area (Å²) >= 11 is 0. The van der Waals surface area contributed by atoms with Gasteiger partial charge in [0.25, 0.3) is 0 Å². The van der Waals surface area contributed by atoms with Crippen LogP contribution in [-0.2, 0) is 14.3 Å². The Balaban J connectivity index is 1.94. The zero-order valence-corrected chi connectivity index (χ0v) is 11.4. The molecule has 0 aromatic heterocycles. The highest BCUT2D eigenvalue weighted by atomic mass is 19.1. The first kappa shape index (κ1) is 15.4. The van der Waals surface area contributed by atoms with Gasteiger partial charge in [-0.25, -0.2) is 4.39 Å². The van der Waals surface area contributed by atoms with Crippen LogP contribution < -0.4 is 15.3 Å². The van der Waals surface area contributed by atoms with Crippen molar-refractivity contribution in [3.05, 3.63) is 30.1 Å². The average molecular weight is 296 g/mol. The highest BCUT2D eigenvalue weighted by Crippen LogP contribution is 2.08. The van der Waals surface area contributed by atoms with E-state index in [-0.39, 0.29) is 6.42 Å². The molecule has 2 N–H and O–H groups in total. The topological polar surface area (TPSA) is 82.9 Å². The number of quaternary nitrogens is 1. The van der Waals surface area contributed by atoms with Gasteiger partial charge in [-0.2, -0.15) is 0 Å². The number of carboxylic acids is 1. The minimum atomic E-state index is -1.25. The number of aliphatic carboxylic acids is 1. The molecule has 1 aliphatic heterocycles. The Labute approximate surface area is 121 Å². The number of morpholine rings is 1. The number of carbonyl (C=O) groups is 2. The van der Waals surface area contributed by atoms with E-state index < -0.39 is 23.7 Å². The maximum absolute atomic E-state index is 12.8. The van der Waals surface area contributed by atoms with Crippen LogP contribution in [0, 0.1) is 5.82 Å². The number of anilines is 1. The summed E-state index contributed by atoms with van der Waals surface area (Å²) in [5, 5.41) is 13.8. The monoisotopic (exact) mass is 296 g/mol. The van der Waals surface area contributed by atoms with E-state index in [9.17, 15) is 19.1 Å². The van der Waals surface area contributed by atoms with Crippen LogP contribution in [0.15, 0.2) is 24.3 Å². The van der Waals surface area contributed by atoms with E-state index in [4.69, 9.17) is 4.74 Å².